The molecular weight excluding hydrogens is 288 g/mol. The van der Waals surface area contributed by atoms with E-state index in [1.54, 1.807) is 10.9 Å². The maximum absolute atomic E-state index is 6.24. The Morgan fingerprint density at radius 3 is 2.76 bits per heavy atom. The summed E-state index contributed by atoms with van der Waals surface area (Å²) in [5.74, 6) is 1.42. The first kappa shape index (κ1) is 14.7. The third-order valence-electron chi connectivity index (χ3n) is 4.27. The molecule has 0 radical (unpaired) electrons. The fourth-order valence-electron chi connectivity index (χ4n) is 3.15. The Balaban J connectivity index is 1.81. The van der Waals surface area contributed by atoms with Crippen LogP contribution in [-0.2, 0) is 13.6 Å². The van der Waals surface area contributed by atoms with Gasteiger partial charge in [0.2, 0.25) is 0 Å². The average molecular weight is 309 g/mol. The summed E-state index contributed by atoms with van der Waals surface area (Å²) < 4.78 is 1.74. The van der Waals surface area contributed by atoms with Crippen molar-refractivity contribution in [1.82, 2.24) is 29.5 Å². The number of likely N-dealkylation sites (tertiary alicyclic amines) is 1. The predicted octanol–water partition coefficient (Wildman–Crippen LogP) is 1.40. The minimum Gasteiger partial charge on any atom is -0.305 e. The SMILES string of the molecule is CC1CN(Cc2nc(Cl)c3cnn(C)c3n2)CC1N(C)C. The summed E-state index contributed by atoms with van der Waals surface area (Å²) >= 11 is 6.24. The van der Waals surface area contributed by atoms with Crippen molar-refractivity contribution in [3.8, 4) is 0 Å². The summed E-state index contributed by atoms with van der Waals surface area (Å²) in [6, 6.07) is 0.584. The minimum absolute atomic E-state index is 0.486. The third-order valence-corrected chi connectivity index (χ3v) is 4.56. The Kier molecular flexibility index (Phi) is 3.86. The molecular formula is C14H21ClN6. The van der Waals surface area contributed by atoms with Crippen LogP contribution >= 0.6 is 11.6 Å². The second-order valence-corrected chi connectivity index (χ2v) is 6.50. The van der Waals surface area contributed by atoms with Gasteiger partial charge in [0.15, 0.2) is 5.65 Å². The van der Waals surface area contributed by atoms with Gasteiger partial charge in [-0.05, 0) is 20.0 Å². The van der Waals surface area contributed by atoms with Crippen molar-refractivity contribution < 1.29 is 0 Å². The van der Waals surface area contributed by atoms with E-state index in [1.807, 2.05) is 7.05 Å². The van der Waals surface area contributed by atoms with E-state index in [0.717, 1.165) is 36.5 Å². The fraction of sp³-hybridized carbons (Fsp3) is 0.643. The summed E-state index contributed by atoms with van der Waals surface area (Å²) in [5, 5.41) is 5.48. The van der Waals surface area contributed by atoms with Gasteiger partial charge in [-0.15, -0.1) is 0 Å². The highest BCUT2D eigenvalue weighted by atomic mass is 35.5. The summed E-state index contributed by atoms with van der Waals surface area (Å²) in [4.78, 5) is 13.7. The van der Waals surface area contributed by atoms with Crippen molar-refractivity contribution in [3.63, 3.8) is 0 Å². The first-order chi connectivity index (χ1) is 9.95. The standard InChI is InChI=1S/C14H21ClN6/c1-9-6-21(7-11(9)19(2)3)8-12-17-13(15)10-5-16-20(4)14(10)18-12/h5,9,11H,6-8H2,1-4H3. The first-order valence-electron chi connectivity index (χ1n) is 7.18. The summed E-state index contributed by atoms with van der Waals surface area (Å²) in [6.45, 7) is 5.13. The van der Waals surface area contributed by atoms with Crippen LogP contribution in [0.1, 0.15) is 12.7 Å². The lowest BCUT2D eigenvalue weighted by Crippen LogP contribution is -2.34. The third kappa shape index (κ3) is 2.75. The van der Waals surface area contributed by atoms with Gasteiger partial charge in [0.1, 0.15) is 11.0 Å². The molecule has 6 nitrogen and oxygen atoms in total. The van der Waals surface area contributed by atoms with E-state index in [0.29, 0.717) is 17.1 Å². The molecule has 7 heteroatoms. The van der Waals surface area contributed by atoms with Gasteiger partial charge < -0.3 is 4.90 Å². The van der Waals surface area contributed by atoms with Gasteiger partial charge in [0.05, 0.1) is 18.1 Å². The molecule has 2 aromatic rings. The Morgan fingerprint density at radius 1 is 1.33 bits per heavy atom. The zero-order valence-corrected chi connectivity index (χ0v) is 13.7. The number of halogens is 1. The molecule has 1 aliphatic rings. The van der Waals surface area contributed by atoms with Crippen LogP contribution in [0.3, 0.4) is 0 Å². The van der Waals surface area contributed by atoms with Gasteiger partial charge in [0.25, 0.3) is 0 Å². The van der Waals surface area contributed by atoms with Crippen molar-refractivity contribution in [2.24, 2.45) is 13.0 Å². The molecule has 2 atom stereocenters. The molecule has 0 amide bonds. The summed E-state index contributed by atoms with van der Waals surface area (Å²) in [5.41, 5.74) is 0.793. The minimum atomic E-state index is 0.486. The van der Waals surface area contributed by atoms with E-state index in [9.17, 15) is 0 Å². The quantitative estimate of drug-likeness (QED) is 0.802. The smallest absolute Gasteiger partial charge is 0.162 e. The van der Waals surface area contributed by atoms with Gasteiger partial charge in [-0.25, -0.2) is 9.97 Å². The van der Waals surface area contributed by atoms with E-state index < -0.39 is 0 Å². The first-order valence-corrected chi connectivity index (χ1v) is 7.56. The normalized spacial score (nSPS) is 23.5. The van der Waals surface area contributed by atoms with E-state index in [1.165, 1.54) is 0 Å². The Bertz CT molecular complexity index is 652. The molecule has 21 heavy (non-hydrogen) atoms. The topological polar surface area (TPSA) is 50.1 Å². The number of hydrogen-bond acceptors (Lipinski definition) is 5. The zero-order valence-electron chi connectivity index (χ0n) is 12.9. The van der Waals surface area contributed by atoms with Crippen molar-refractivity contribution >= 4 is 22.6 Å². The molecule has 0 N–H and O–H groups in total. The maximum Gasteiger partial charge on any atom is 0.162 e. The molecule has 3 heterocycles. The molecule has 0 bridgehead atoms. The van der Waals surface area contributed by atoms with Gasteiger partial charge in [0, 0.05) is 26.2 Å². The molecule has 0 aromatic carbocycles. The number of likely N-dealkylation sites (N-methyl/N-ethyl adjacent to an activating group) is 1. The number of hydrogen-bond donors (Lipinski definition) is 0. The largest absolute Gasteiger partial charge is 0.305 e. The van der Waals surface area contributed by atoms with Gasteiger partial charge in [-0.1, -0.05) is 18.5 Å². The van der Waals surface area contributed by atoms with Crippen LogP contribution in [0.15, 0.2) is 6.20 Å². The Hall–Kier alpha value is -1.24. The second kappa shape index (κ2) is 5.51. The van der Waals surface area contributed by atoms with Gasteiger partial charge in [-0.3, -0.25) is 9.58 Å². The number of rotatable bonds is 3. The van der Waals surface area contributed by atoms with Crippen LogP contribution in [-0.4, -0.2) is 62.8 Å². The second-order valence-electron chi connectivity index (χ2n) is 6.14. The van der Waals surface area contributed by atoms with E-state index in [2.05, 4.69) is 45.9 Å². The predicted molar refractivity (Wildman–Crippen MR) is 83.2 cm³/mol. The fourth-order valence-corrected chi connectivity index (χ4v) is 3.38. The molecule has 1 fully saturated rings. The van der Waals surface area contributed by atoms with Crippen LogP contribution in [0, 0.1) is 5.92 Å². The molecule has 0 spiro atoms. The highest BCUT2D eigenvalue weighted by Crippen LogP contribution is 2.23. The van der Waals surface area contributed by atoms with E-state index >= 15 is 0 Å². The van der Waals surface area contributed by atoms with Crippen LogP contribution in [0.5, 0.6) is 0 Å². The number of aromatic nitrogens is 4. The van der Waals surface area contributed by atoms with Crippen molar-refractivity contribution in [2.45, 2.75) is 19.5 Å². The molecule has 2 aromatic heterocycles. The lowest BCUT2D eigenvalue weighted by Gasteiger charge is -2.22. The monoisotopic (exact) mass is 308 g/mol. The highest BCUT2D eigenvalue weighted by molar-refractivity contribution is 6.33. The maximum atomic E-state index is 6.24. The van der Waals surface area contributed by atoms with Crippen LogP contribution in [0.4, 0.5) is 0 Å². The lowest BCUT2D eigenvalue weighted by atomic mass is 10.1. The van der Waals surface area contributed by atoms with Gasteiger partial charge >= 0.3 is 0 Å². The van der Waals surface area contributed by atoms with Crippen molar-refractivity contribution in [2.75, 3.05) is 27.2 Å². The van der Waals surface area contributed by atoms with Gasteiger partial charge in [-0.2, -0.15) is 5.10 Å². The number of fused-ring (bicyclic) bond motifs is 1. The Labute approximate surface area is 129 Å². The highest BCUT2D eigenvalue weighted by Gasteiger charge is 2.31. The molecule has 2 unspecified atom stereocenters. The average Bonchev–Trinajstić information content (AvgIpc) is 2.94. The van der Waals surface area contributed by atoms with E-state index in [4.69, 9.17) is 11.6 Å². The van der Waals surface area contributed by atoms with Crippen LogP contribution < -0.4 is 0 Å². The van der Waals surface area contributed by atoms with Crippen LogP contribution in [0.25, 0.3) is 11.0 Å². The number of nitrogens with zero attached hydrogens (tertiary/aromatic N) is 6. The van der Waals surface area contributed by atoms with Crippen LogP contribution in [0.2, 0.25) is 5.15 Å². The molecule has 0 saturated carbocycles. The van der Waals surface area contributed by atoms with Crippen molar-refractivity contribution in [3.05, 3.63) is 17.2 Å². The molecule has 3 rings (SSSR count). The Morgan fingerprint density at radius 2 is 2.10 bits per heavy atom. The molecule has 114 valence electrons. The number of aryl methyl sites for hydroxylation is 1. The molecule has 1 aliphatic heterocycles. The van der Waals surface area contributed by atoms with E-state index in [-0.39, 0.29) is 0 Å². The van der Waals surface area contributed by atoms with Crippen molar-refractivity contribution in [1.29, 1.82) is 0 Å². The summed E-state index contributed by atoms with van der Waals surface area (Å²) in [7, 11) is 6.15. The lowest BCUT2D eigenvalue weighted by molar-refractivity contribution is 0.249. The summed E-state index contributed by atoms with van der Waals surface area (Å²) in [6.07, 6.45) is 1.71. The molecule has 0 aliphatic carbocycles. The zero-order chi connectivity index (χ0) is 15.1. The molecule has 1 saturated heterocycles.